The van der Waals surface area contributed by atoms with E-state index in [9.17, 15) is 0 Å². The van der Waals surface area contributed by atoms with Crippen LogP contribution in [0.15, 0.2) is 0 Å². The molecule has 0 bridgehead atoms. The molecule has 1 nitrogen and oxygen atoms in total. The molecule has 60 valence electrons. The maximum absolute atomic E-state index is 5.64. The van der Waals surface area contributed by atoms with E-state index in [1.807, 2.05) is 0 Å². The third-order valence-electron chi connectivity index (χ3n) is 2.14. The van der Waals surface area contributed by atoms with Gasteiger partial charge in [0.05, 0.1) is 0 Å². The van der Waals surface area contributed by atoms with Crippen LogP contribution in [0.2, 0.25) is 0 Å². The molecule has 1 atom stereocenters. The Hall–Kier alpha value is 0.250. The van der Waals surface area contributed by atoms with E-state index in [-0.39, 0.29) is 0 Å². The lowest BCUT2D eigenvalue weighted by atomic mass is 10.0. The van der Waals surface area contributed by atoms with Crippen molar-refractivity contribution in [1.29, 1.82) is 0 Å². The molecule has 0 saturated carbocycles. The Morgan fingerprint density at radius 3 is 3.00 bits per heavy atom. The van der Waals surface area contributed by atoms with Crippen molar-refractivity contribution in [1.82, 2.24) is 4.90 Å². The SMILES string of the molecule is C[C@@H]1CCCN(CCCl)C1. The molecule has 1 aliphatic heterocycles. The summed E-state index contributed by atoms with van der Waals surface area (Å²) in [4.78, 5) is 2.46. The van der Waals surface area contributed by atoms with Gasteiger partial charge in [-0.15, -0.1) is 11.6 Å². The van der Waals surface area contributed by atoms with Crippen LogP contribution in [0.5, 0.6) is 0 Å². The summed E-state index contributed by atoms with van der Waals surface area (Å²) in [6, 6.07) is 0. The van der Waals surface area contributed by atoms with E-state index in [1.165, 1.54) is 25.9 Å². The summed E-state index contributed by atoms with van der Waals surface area (Å²) in [6.07, 6.45) is 2.76. The number of nitrogens with zero attached hydrogens (tertiary/aromatic N) is 1. The van der Waals surface area contributed by atoms with Gasteiger partial charge in [-0.05, 0) is 25.3 Å². The predicted molar refractivity (Wildman–Crippen MR) is 45.6 cm³/mol. The van der Waals surface area contributed by atoms with Crippen LogP contribution in [0.1, 0.15) is 19.8 Å². The van der Waals surface area contributed by atoms with E-state index in [0.717, 1.165) is 18.3 Å². The first kappa shape index (κ1) is 8.35. The largest absolute Gasteiger partial charge is 0.302 e. The molecule has 0 aromatic carbocycles. The highest BCUT2D eigenvalue weighted by Crippen LogP contribution is 2.14. The Bertz CT molecular complexity index is 93.3. The Kier molecular flexibility index (Phi) is 3.50. The molecule has 1 fully saturated rings. The fraction of sp³-hybridized carbons (Fsp3) is 1.00. The molecule has 0 aromatic rings. The Morgan fingerprint density at radius 1 is 1.60 bits per heavy atom. The number of piperidine rings is 1. The van der Waals surface area contributed by atoms with Crippen LogP contribution in [-0.2, 0) is 0 Å². The third-order valence-corrected chi connectivity index (χ3v) is 2.31. The molecule has 0 aromatic heterocycles. The quantitative estimate of drug-likeness (QED) is 0.560. The van der Waals surface area contributed by atoms with Crippen LogP contribution in [0, 0.1) is 5.92 Å². The van der Waals surface area contributed by atoms with Crippen LogP contribution < -0.4 is 0 Å². The molecule has 0 spiro atoms. The minimum absolute atomic E-state index is 0.784. The molecule has 0 amide bonds. The predicted octanol–water partition coefficient (Wildman–Crippen LogP) is 1.96. The van der Waals surface area contributed by atoms with Crippen molar-refractivity contribution >= 4 is 11.6 Å². The Labute approximate surface area is 68.4 Å². The topological polar surface area (TPSA) is 3.24 Å². The van der Waals surface area contributed by atoms with Gasteiger partial charge in [-0.25, -0.2) is 0 Å². The number of halogens is 1. The molecule has 0 N–H and O–H groups in total. The molecule has 1 rings (SSSR count). The maximum atomic E-state index is 5.64. The molecule has 1 saturated heterocycles. The minimum Gasteiger partial charge on any atom is -0.302 e. The van der Waals surface area contributed by atoms with Crippen molar-refractivity contribution < 1.29 is 0 Å². The van der Waals surface area contributed by atoms with Crippen molar-refractivity contribution in [2.45, 2.75) is 19.8 Å². The van der Waals surface area contributed by atoms with E-state index in [0.29, 0.717) is 0 Å². The first-order valence-corrected chi connectivity index (χ1v) is 4.64. The molecular formula is C8H16ClN. The standard InChI is InChI=1S/C8H16ClN/c1-8-3-2-5-10(7-8)6-4-9/h8H,2-7H2,1H3/t8-/m1/s1. The van der Waals surface area contributed by atoms with E-state index >= 15 is 0 Å². The van der Waals surface area contributed by atoms with E-state index in [4.69, 9.17) is 11.6 Å². The maximum Gasteiger partial charge on any atom is 0.0351 e. The molecule has 0 aliphatic carbocycles. The summed E-state index contributed by atoms with van der Waals surface area (Å²) in [7, 11) is 0. The van der Waals surface area contributed by atoms with Gasteiger partial charge in [-0.3, -0.25) is 0 Å². The molecular weight excluding hydrogens is 146 g/mol. The van der Waals surface area contributed by atoms with Gasteiger partial charge in [0.1, 0.15) is 0 Å². The summed E-state index contributed by atoms with van der Waals surface area (Å²) in [5, 5.41) is 0. The van der Waals surface area contributed by atoms with Crippen molar-refractivity contribution in [3.8, 4) is 0 Å². The van der Waals surface area contributed by atoms with Crippen LogP contribution in [0.3, 0.4) is 0 Å². The van der Waals surface area contributed by atoms with E-state index < -0.39 is 0 Å². The second kappa shape index (κ2) is 4.20. The van der Waals surface area contributed by atoms with Gasteiger partial charge in [0.25, 0.3) is 0 Å². The molecule has 1 heterocycles. The number of hydrogen-bond acceptors (Lipinski definition) is 1. The van der Waals surface area contributed by atoms with Crippen LogP contribution in [-0.4, -0.2) is 30.4 Å². The van der Waals surface area contributed by atoms with Gasteiger partial charge in [-0.1, -0.05) is 6.92 Å². The van der Waals surface area contributed by atoms with Crippen molar-refractivity contribution in [3.63, 3.8) is 0 Å². The molecule has 2 heteroatoms. The van der Waals surface area contributed by atoms with Gasteiger partial charge in [0.2, 0.25) is 0 Å². The second-order valence-electron chi connectivity index (χ2n) is 3.24. The van der Waals surface area contributed by atoms with Gasteiger partial charge >= 0.3 is 0 Å². The second-order valence-corrected chi connectivity index (χ2v) is 3.61. The van der Waals surface area contributed by atoms with Gasteiger partial charge < -0.3 is 4.90 Å². The molecule has 1 aliphatic rings. The highest BCUT2D eigenvalue weighted by atomic mass is 35.5. The van der Waals surface area contributed by atoms with Gasteiger partial charge in [0.15, 0.2) is 0 Å². The zero-order valence-electron chi connectivity index (χ0n) is 6.65. The van der Waals surface area contributed by atoms with Crippen LogP contribution in [0.25, 0.3) is 0 Å². The number of rotatable bonds is 2. The monoisotopic (exact) mass is 161 g/mol. The molecule has 0 radical (unpaired) electrons. The lowest BCUT2D eigenvalue weighted by molar-refractivity contribution is 0.194. The number of likely N-dealkylation sites (tertiary alicyclic amines) is 1. The van der Waals surface area contributed by atoms with Crippen molar-refractivity contribution in [2.75, 3.05) is 25.5 Å². The van der Waals surface area contributed by atoms with Crippen molar-refractivity contribution in [3.05, 3.63) is 0 Å². The highest BCUT2D eigenvalue weighted by Gasteiger charge is 2.14. The number of alkyl halides is 1. The van der Waals surface area contributed by atoms with Crippen LogP contribution >= 0.6 is 11.6 Å². The lowest BCUT2D eigenvalue weighted by Crippen LogP contribution is -2.35. The fourth-order valence-corrected chi connectivity index (χ4v) is 1.85. The number of hydrogen-bond donors (Lipinski definition) is 0. The first-order valence-electron chi connectivity index (χ1n) is 4.11. The minimum atomic E-state index is 0.784. The summed E-state index contributed by atoms with van der Waals surface area (Å²) >= 11 is 5.64. The average molecular weight is 162 g/mol. The van der Waals surface area contributed by atoms with Crippen LogP contribution in [0.4, 0.5) is 0 Å². The fourth-order valence-electron chi connectivity index (χ4n) is 1.61. The highest BCUT2D eigenvalue weighted by molar-refractivity contribution is 6.18. The zero-order valence-corrected chi connectivity index (χ0v) is 7.40. The summed E-state index contributed by atoms with van der Waals surface area (Å²) in [5.74, 6) is 1.67. The Morgan fingerprint density at radius 2 is 2.40 bits per heavy atom. The molecule has 10 heavy (non-hydrogen) atoms. The summed E-state index contributed by atoms with van der Waals surface area (Å²) in [5.41, 5.74) is 0. The van der Waals surface area contributed by atoms with Gasteiger partial charge in [-0.2, -0.15) is 0 Å². The van der Waals surface area contributed by atoms with Gasteiger partial charge in [0, 0.05) is 19.0 Å². The summed E-state index contributed by atoms with van der Waals surface area (Å²) in [6.45, 7) is 5.91. The zero-order chi connectivity index (χ0) is 7.40. The average Bonchev–Trinajstić information content (AvgIpc) is 1.88. The third kappa shape index (κ3) is 2.47. The lowest BCUT2D eigenvalue weighted by Gasteiger charge is -2.29. The Balaban J connectivity index is 2.18. The van der Waals surface area contributed by atoms with Crippen molar-refractivity contribution in [2.24, 2.45) is 5.92 Å². The normalized spacial score (nSPS) is 28.8. The summed E-state index contributed by atoms with van der Waals surface area (Å²) < 4.78 is 0. The molecule has 0 unspecified atom stereocenters. The van der Waals surface area contributed by atoms with E-state index in [2.05, 4.69) is 11.8 Å². The smallest absolute Gasteiger partial charge is 0.0351 e. The first-order chi connectivity index (χ1) is 4.83. The van der Waals surface area contributed by atoms with E-state index in [1.54, 1.807) is 0 Å².